The summed E-state index contributed by atoms with van der Waals surface area (Å²) in [6.45, 7) is 1.37. The summed E-state index contributed by atoms with van der Waals surface area (Å²) in [5, 5.41) is 0.772. The number of piperazine rings is 1. The minimum Gasteiger partial charge on any atom is -0.383 e. The summed E-state index contributed by atoms with van der Waals surface area (Å²) in [4.78, 5) is 38.4. The number of benzene rings is 1. The second-order valence-corrected chi connectivity index (χ2v) is 9.09. The normalized spacial score (nSPS) is 16.9. The molecule has 0 aliphatic carbocycles. The van der Waals surface area contributed by atoms with Gasteiger partial charge in [-0.15, -0.1) is 11.3 Å². The first-order chi connectivity index (χ1) is 15.5. The summed E-state index contributed by atoms with van der Waals surface area (Å²) in [5.41, 5.74) is 7.54. The minimum absolute atomic E-state index is 0.126. The number of rotatable bonds is 6. The quantitative estimate of drug-likeness (QED) is 0.555. The number of carbonyl (C=O) groups is 2. The molecule has 1 saturated heterocycles. The maximum absolute atomic E-state index is 13.2. The molecule has 2 amide bonds. The number of nitrogen functional groups attached to an aromatic ring is 1. The Bertz CT molecular complexity index is 1180. The fourth-order valence-corrected chi connectivity index (χ4v) is 4.65. The van der Waals surface area contributed by atoms with Crippen LogP contribution in [0.25, 0.3) is 17.0 Å². The van der Waals surface area contributed by atoms with Gasteiger partial charge in [-0.1, -0.05) is 17.7 Å². The van der Waals surface area contributed by atoms with Crippen LogP contribution >= 0.6 is 22.9 Å². The molecule has 0 radical (unpaired) electrons. The molecular formula is C22H22ClN5O3S. The van der Waals surface area contributed by atoms with Crippen molar-refractivity contribution >= 4 is 57.5 Å². The van der Waals surface area contributed by atoms with Gasteiger partial charge >= 0.3 is 0 Å². The average Bonchev–Trinajstić information content (AvgIpc) is 3.20. The van der Waals surface area contributed by atoms with Crippen molar-refractivity contribution in [3.8, 4) is 0 Å². The first-order valence-corrected chi connectivity index (χ1v) is 11.2. The molecule has 1 atom stereocenters. The van der Waals surface area contributed by atoms with Crippen LogP contribution in [0.15, 0.2) is 42.7 Å². The fourth-order valence-electron chi connectivity index (χ4n) is 3.69. The number of fused-ring (bicyclic) bond motifs is 1. The first-order valence-electron chi connectivity index (χ1n) is 9.97. The van der Waals surface area contributed by atoms with E-state index < -0.39 is 6.04 Å². The van der Waals surface area contributed by atoms with E-state index in [4.69, 9.17) is 22.1 Å². The number of aromatic nitrogens is 2. The van der Waals surface area contributed by atoms with Gasteiger partial charge in [-0.3, -0.25) is 9.59 Å². The van der Waals surface area contributed by atoms with Gasteiger partial charge in [0.05, 0.1) is 16.5 Å². The number of nitrogens with two attached hydrogens (primary N) is 1. The van der Waals surface area contributed by atoms with E-state index in [1.807, 2.05) is 24.3 Å². The van der Waals surface area contributed by atoms with Gasteiger partial charge in [-0.25, -0.2) is 9.97 Å². The lowest BCUT2D eigenvalue weighted by molar-refractivity contribution is -0.152. The van der Waals surface area contributed by atoms with Crippen molar-refractivity contribution in [3.63, 3.8) is 0 Å². The molecule has 10 heteroatoms. The highest BCUT2D eigenvalue weighted by Crippen LogP contribution is 2.23. The largest absolute Gasteiger partial charge is 0.383 e. The molecule has 8 nitrogen and oxygen atoms in total. The zero-order chi connectivity index (χ0) is 22.7. The lowest BCUT2D eigenvalue weighted by Gasteiger charge is -2.40. The topological polar surface area (TPSA) is 102 Å². The van der Waals surface area contributed by atoms with Crippen LogP contribution in [0.3, 0.4) is 0 Å². The number of hydrogen-bond donors (Lipinski definition) is 1. The van der Waals surface area contributed by atoms with Gasteiger partial charge in [-0.2, -0.15) is 0 Å². The number of ether oxygens (including phenoxy) is 1. The van der Waals surface area contributed by atoms with Gasteiger partial charge in [0.2, 0.25) is 11.8 Å². The number of carbonyl (C=O) groups excluding carboxylic acids is 2. The monoisotopic (exact) mass is 471 g/mol. The molecule has 0 bridgehead atoms. The Morgan fingerprint density at radius 2 is 2.16 bits per heavy atom. The first kappa shape index (κ1) is 22.2. The molecule has 1 aromatic carbocycles. The van der Waals surface area contributed by atoms with E-state index in [9.17, 15) is 9.59 Å². The zero-order valence-electron chi connectivity index (χ0n) is 17.4. The van der Waals surface area contributed by atoms with Crippen LogP contribution in [0.5, 0.6) is 0 Å². The van der Waals surface area contributed by atoms with Crippen molar-refractivity contribution in [2.45, 2.75) is 12.6 Å². The number of anilines is 1. The minimum atomic E-state index is -0.684. The molecule has 2 N–H and O–H groups in total. The highest BCUT2D eigenvalue weighted by Gasteiger charge is 2.36. The van der Waals surface area contributed by atoms with Gasteiger partial charge in [0.25, 0.3) is 0 Å². The van der Waals surface area contributed by atoms with Crippen molar-refractivity contribution in [1.82, 2.24) is 19.8 Å². The molecular weight excluding hydrogens is 450 g/mol. The Morgan fingerprint density at radius 3 is 2.91 bits per heavy atom. The molecule has 0 saturated carbocycles. The van der Waals surface area contributed by atoms with E-state index in [-0.39, 0.29) is 18.4 Å². The number of thiophene rings is 1. The summed E-state index contributed by atoms with van der Waals surface area (Å²) >= 11 is 7.32. The third-order valence-electron chi connectivity index (χ3n) is 5.28. The van der Waals surface area contributed by atoms with E-state index in [0.717, 1.165) is 21.3 Å². The van der Waals surface area contributed by atoms with Crippen molar-refractivity contribution in [1.29, 1.82) is 0 Å². The van der Waals surface area contributed by atoms with Gasteiger partial charge in [-0.05, 0) is 35.9 Å². The number of amides is 2. The van der Waals surface area contributed by atoms with Gasteiger partial charge in [0, 0.05) is 43.1 Å². The van der Waals surface area contributed by atoms with Crippen LogP contribution in [0, 0.1) is 0 Å². The fraction of sp³-hybridized carbons (Fsp3) is 0.273. The highest BCUT2D eigenvalue weighted by atomic mass is 35.5. The second-order valence-electron chi connectivity index (χ2n) is 7.35. The molecule has 1 fully saturated rings. The standard InChI is InChI=1S/C22H22ClN5O3S/c1-31-12-18-22(30)27(11-14-2-5-16-17(10-14)25-13-26-21(16)24)8-9-28(18)20(29)7-4-15-3-6-19(23)32-15/h2-7,10,13,18H,8-9,11-12H2,1H3,(H2,24,25,26)/b7-4+. The molecule has 3 aromatic rings. The lowest BCUT2D eigenvalue weighted by atomic mass is 10.1. The average molecular weight is 472 g/mol. The van der Waals surface area contributed by atoms with E-state index in [1.165, 1.54) is 30.8 Å². The maximum Gasteiger partial charge on any atom is 0.248 e. The summed E-state index contributed by atoms with van der Waals surface area (Å²) in [7, 11) is 1.52. The molecule has 32 heavy (non-hydrogen) atoms. The van der Waals surface area contributed by atoms with Crippen LogP contribution < -0.4 is 5.73 Å². The SMILES string of the molecule is COCC1C(=O)N(Cc2ccc3c(N)ncnc3c2)CCN1C(=O)/C=C/c1ccc(Cl)s1. The molecule has 3 heterocycles. The van der Waals surface area contributed by atoms with E-state index in [1.54, 1.807) is 21.9 Å². The Balaban J connectivity index is 1.48. The Morgan fingerprint density at radius 1 is 1.31 bits per heavy atom. The van der Waals surface area contributed by atoms with Gasteiger partial charge < -0.3 is 20.3 Å². The van der Waals surface area contributed by atoms with Crippen LogP contribution in [0.2, 0.25) is 4.34 Å². The zero-order valence-corrected chi connectivity index (χ0v) is 19.0. The summed E-state index contributed by atoms with van der Waals surface area (Å²) < 4.78 is 5.91. The molecule has 166 valence electrons. The molecule has 4 rings (SSSR count). The molecule has 1 aliphatic rings. The van der Waals surface area contributed by atoms with Crippen molar-refractivity contribution in [3.05, 3.63) is 57.5 Å². The highest BCUT2D eigenvalue weighted by molar-refractivity contribution is 7.17. The predicted molar refractivity (Wildman–Crippen MR) is 125 cm³/mol. The van der Waals surface area contributed by atoms with Gasteiger partial charge in [0.1, 0.15) is 18.2 Å². The molecule has 0 spiro atoms. The number of hydrogen-bond acceptors (Lipinski definition) is 7. The van der Waals surface area contributed by atoms with Crippen molar-refractivity contribution < 1.29 is 14.3 Å². The Kier molecular flexibility index (Phi) is 6.69. The number of nitrogens with zero attached hydrogens (tertiary/aromatic N) is 4. The van der Waals surface area contributed by atoms with Crippen LogP contribution in [-0.4, -0.2) is 64.4 Å². The number of halogens is 1. The van der Waals surface area contributed by atoms with Crippen LogP contribution in [0.4, 0.5) is 5.82 Å². The number of methoxy groups -OCH3 is 1. The third-order valence-corrected chi connectivity index (χ3v) is 6.48. The van der Waals surface area contributed by atoms with Crippen LogP contribution in [-0.2, 0) is 20.9 Å². The maximum atomic E-state index is 13.2. The van der Waals surface area contributed by atoms with E-state index >= 15 is 0 Å². The molecule has 2 aromatic heterocycles. The summed E-state index contributed by atoms with van der Waals surface area (Å²) in [6, 6.07) is 8.61. The molecule has 1 aliphatic heterocycles. The van der Waals surface area contributed by atoms with Crippen molar-refractivity contribution in [2.24, 2.45) is 0 Å². The Labute approximate surface area is 194 Å². The van der Waals surface area contributed by atoms with E-state index in [2.05, 4.69) is 9.97 Å². The lowest BCUT2D eigenvalue weighted by Crippen LogP contribution is -2.59. The van der Waals surface area contributed by atoms with Crippen molar-refractivity contribution in [2.75, 3.05) is 32.5 Å². The third kappa shape index (κ3) is 4.74. The second kappa shape index (κ2) is 9.64. The van der Waals surface area contributed by atoms with Crippen LogP contribution in [0.1, 0.15) is 10.4 Å². The molecule has 1 unspecified atom stereocenters. The Hall–Kier alpha value is -3.01. The smallest absolute Gasteiger partial charge is 0.248 e. The summed E-state index contributed by atoms with van der Waals surface area (Å²) in [5.74, 6) is 0.0338. The predicted octanol–water partition coefficient (Wildman–Crippen LogP) is 2.83. The summed E-state index contributed by atoms with van der Waals surface area (Å²) in [6.07, 6.45) is 4.60. The van der Waals surface area contributed by atoms with Gasteiger partial charge in [0.15, 0.2) is 0 Å². The van der Waals surface area contributed by atoms with E-state index in [0.29, 0.717) is 29.8 Å².